The Labute approximate surface area is 467 Å². The van der Waals surface area contributed by atoms with Gasteiger partial charge in [0, 0.05) is 52.5 Å². The second-order valence-electron chi connectivity index (χ2n) is 25.9. The molecule has 8 fully saturated rings. The standard InChI is InChI=1S/C5H11N.C5H10O.C5H10.C4H10N2.C4H9NO.C4H9N.C4H8.8C4H10.C3H6/c2*1-2-4-6-5-3-1;1-2-4-5-3-1;1-2-6-4-3-5-1;1-3-6-4-2-5-1;1-2-4-5-3-1;1-2-4-3-1;8*1-4(2)3;1-2-3-1/h6H,1-5H2;1-5H2;1-5H2;5-6H,1-4H2;5H,1-4H2;5H,1-4H2;1-4H2;8*4H,1-3H3;1-3H2. The van der Waals surface area contributed by atoms with Crippen molar-refractivity contribution < 1.29 is 9.47 Å². The number of hydrogen-bond donors (Lipinski definition) is 5. The zero-order valence-corrected chi connectivity index (χ0v) is 56.0. The van der Waals surface area contributed by atoms with Crippen molar-refractivity contribution in [3.05, 3.63) is 0 Å². The molecule has 0 unspecified atom stereocenters. The van der Waals surface area contributed by atoms with Gasteiger partial charge in [-0.25, -0.2) is 0 Å². The molecule has 5 saturated heterocycles. The highest BCUT2D eigenvalue weighted by Gasteiger charge is 1.98. The number of piperidine rings is 1. The van der Waals surface area contributed by atoms with Gasteiger partial charge in [0.25, 0.3) is 0 Å². The van der Waals surface area contributed by atoms with E-state index in [1.807, 2.05) is 0 Å². The first-order chi connectivity index (χ1) is 34.4. The van der Waals surface area contributed by atoms with Crippen molar-refractivity contribution in [3.63, 3.8) is 0 Å². The van der Waals surface area contributed by atoms with Crippen molar-refractivity contribution >= 4 is 0 Å². The van der Waals surface area contributed by atoms with Crippen LogP contribution in [0.1, 0.15) is 295 Å². The lowest BCUT2D eigenvalue weighted by Gasteiger charge is -2.11. The van der Waals surface area contributed by atoms with E-state index >= 15 is 0 Å². The molecule has 0 atom stereocenters. The number of morpholine rings is 1. The van der Waals surface area contributed by atoms with E-state index in [1.54, 1.807) is 0 Å². The zero-order chi connectivity index (χ0) is 57.6. The molecule has 0 bridgehead atoms. The fourth-order valence-electron chi connectivity index (χ4n) is 4.37. The number of piperazine rings is 1. The quantitative estimate of drug-likeness (QED) is 0.165. The van der Waals surface area contributed by atoms with Crippen LogP contribution in [0.25, 0.3) is 0 Å². The Morgan fingerprint density at radius 1 is 0.164 bits per heavy atom. The van der Waals surface area contributed by atoms with Gasteiger partial charge in [-0.3, -0.25) is 0 Å². The van der Waals surface area contributed by atoms with Crippen molar-refractivity contribution in [2.45, 2.75) is 295 Å². The average Bonchev–Trinajstić information content (AvgIpc) is 3.74. The van der Waals surface area contributed by atoms with Gasteiger partial charge in [0.15, 0.2) is 0 Å². The third-order valence-electron chi connectivity index (χ3n) is 7.65. The van der Waals surface area contributed by atoms with Gasteiger partial charge in [-0.2, -0.15) is 0 Å². The van der Waals surface area contributed by atoms with E-state index in [0.29, 0.717) is 0 Å². The minimum atomic E-state index is 0.833. The lowest BCUT2D eigenvalue weighted by Crippen LogP contribution is -2.39. The van der Waals surface area contributed by atoms with E-state index in [2.05, 4.69) is 193 Å². The van der Waals surface area contributed by atoms with Crippen LogP contribution in [0, 0.1) is 47.3 Å². The molecule has 0 aromatic heterocycles. The molecule has 0 radical (unpaired) electrons. The molecule has 8 rings (SSSR count). The number of ether oxygens (including phenoxy) is 2. The molecule has 5 N–H and O–H groups in total. The third-order valence-corrected chi connectivity index (χ3v) is 7.65. The van der Waals surface area contributed by atoms with Crippen LogP contribution in [0.5, 0.6) is 0 Å². The molecular formula is C66H153N5O2. The molecule has 0 aromatic rings. The zero-order valence-electron chi connectivity index (χ0n) is 56.0. The van der Waals surface area contributed by atoms with Crippen molar-refractivity contribution in [3.8, 4) is 0 Å². The molecule has 7 nitrogen and oxygen atoms in total. The monoisotopic (exact) mass is 1050 g/mol. The fourth-order valence-corrected chi connectivity index (χ4v) is 4.37. The van der Waals surface area contributed by atoms with Gasteiger partial charge < -0.3 is 36.1 Å². The van der Waals surface area contributed by atoms with Crippen LogP contribution in [-0.2, 0) is 9.47 Å². The van der Waals surface area contributed by atoms with Crippen molar-refractivity contribution in [2.24, 2.45) is 47.3 Å². The first-order valence-electron chi connectivity index (χ1n) is 32.0. The molecule has 5 heterocycles. The largest absolute Gasteiger partial charge is 0.381 e. The summed E-state index contributed by atoms with van der Waals surface area (Å²) < 4.78 is 10.1. The maximum atomic E-state index is 5.07. The maximum absolute atomic E-state index is 5.07. The highest BCUT2D eigenvalue weighted by Crippen LogP contribution is 2.16. The van der Waals surface area contributed by atoms with Gasteiger partial charge in [0.1, 0.15) is 0 Å². The Balaban J connectivity index is -0.000000103. The topological polar surface area (TPSA) is 78.6 Å². The van der Waals surface area contributed by atoms with E-state index in [9.17, 15) is 0 Å². The molecule has 0 aromatic carbocycles. The second-order valence-corrected chi connectivity index (χ2v) is 25.9. The minimum Gasteiger partial charge on any atom is -0.381 e. The van der Waals surface area contributed by atoms with Gasteiger partial charge in [0.2, 0.25) is 0 Å². The Morgan fingerprint density at radius 3 is 0.384 bits per heavy atom. The molecule has 7 heteroatoms. The van der Waals surface area contributed by atoms with Crippen molar-refractivity contribution in [1.82, 2.24) is 26.6 Å². The lowest BCUT2D eigenvalue weighted by atomic mass is 10.0. The normalized spacial score (nSPS) is 17.4. The Bertz CT molecular complexity index is 556. The van der Waals surface area contributed by atoms with E-state index in [1.165, 1.54) is 155 Å². The van der Waals surface area contributed by atoms with Crippen LogP contribution in [0.3, 0.4) is 0 Å². The second kappa shape index (κ2) is 85.6. The molecule has 3 saturated carbocycles. The van der Waals surface area contributed by atoms with Crippen LogP contribution in [0.15, 0.2) is 0 Å². The molecular weight excluding hydrogens is 895 g/mol. The summed E-state index contributed by atoms with van der Waals surface area (Å²) in [4.78, 5) is 0. The first kappa shape index (κ1) is 89.3. The SMILES string of the molecule is C1CC1.C1CCC1.C1CCCC1.C1CCNC1.C1CCNCC1.C1CCOCC1.C1CNCCN1.C1COCCN1.CC(C)C.CC(C)C.CC(C)C.CC(C)C.CC(C)C.CC(C)C.CC(C)C.CC(C)C. The maximum Gasteiger partial charge on any atom is 0.0591 e. The highest BCUT2D eigenvalue weighted by atomic mass is 16.5. The molecule has 5 aliphatic heterocycles. The summed E-state index contributed by atoms with van der Waals surface area (Å²) >= 11 is 0. The number of nitrogens with one attached hydrogen (secondary N) is 5. The van der Waals surface area contributed by atoms with Crippen molar-refractivity contribution in [2.75, 3.05) is 91.9 Å². The van der Waals surface area contributed by atoms with Gasteiger partial charge >= 0.3 is 0 Å². The summed E-state index contributed by atoms with van der Waals surface area (Å²) in [5.41, 5.74) is 0. The van der Waals surface area contributed by atoms with E-state index in [4.69, 9.17) is 9.47 Å². The highest BCUT2D eigenvalue weighted by molar-refractivity contribution is 4.59. The van der Waals surface area contributed by atoms with E-state index in [0.717, 1.165) is 113 Å². The summed E-state index contributed by atoms with van der Waals surface area (Å²) in [6.45, 7) is 67.4. The van der Waals surface area contributed by atoms with Gasteiger partial charge in [0.05, 0.1) is 13.2 Å². The molecule has 8 aliphatic rings. The number of hydrogen-bond acceptors (Lipinski definition) is 7. The third kappa shape index (κ3) is 233. The Kier molecular flexibility index (Phi) is 105. The average molecular weight is 1050 g/mol. The minimum absolute atomic E-state index is 0.833. The predicted molar refractivity (Wildman–Crippen MR) is 342 cm³/mol. The smallest absolute Gasteiger partial charge is 0.0591 e. The van der Waals surface area contributed by atoms with Gasteiger partial charge in [-0.05, 0) is 118 Å². The molecule has 0 spiro atoms. The summed E-state index contributed by atoms with van der Waals surface area (Å²) in [5.74, 6) is 6.67. The van der Waals surface area contributed by atoms with Crippen LogP contribution in [0.2, 0.25) is 0 Å². The van der Waals surface area contributed by atoms with Crippen LogP contribution < -0.4 is 26.6 Å². The first-order valence-corrected chi connectivity index (χ1v) is 32.0. The molecule has 3 aliphatic carbocycles. The number of rotatable bonds is 0. The molecule has 0 amide bonds. The summed E-state index contributed by atoms with van der Waals surface area (Å²) in [7, 11) is 0. The van der Waals surface area contributed by atoms with Crippen LogP contribution >= 0.6 is 0 Å². The van der Waals surface area contributed by atoms with Gasteiger partial charge in [-0.15, -0.1) is 0 Å². The Hall–Kier alpha value is -0.280. The lowest BCUT2D eigenvalue weighted by molar-refractivity contribution is 0.0968. The Morgan fingerprint density at radius 2 is 0.301 bits per heavy atom. The summed E-state index contributed by atoms with van der Waals surface area (Å²) in [6.07, 6.45) is 28.9. The van der Waals surface area contributed by atoms with Crippen LogP contribution in [-0.4, -0.2) is 91.9 Å². The fraction of sp³-hybridized carbons (Fsp3) is 1.00. The summed E-state index contributed by atoms with van der Waals surface area (Å²) in [6, 6.07) is 0. The van der Waals surface area contributed by atoms with Crippen molar-refractivity contribution in [1.29, 1.82) is 0 Å². The van der Waals surface area contributed by atoms with Crippen LogP contribution in [0.4, 0.5) is 0 Å². The molecule has 454 valence electrons. The molecule has 73 heavy (non-hydrogen) atoms. The van der Waals surface area contributed by atoms with Gasteiger partial charge in [-0.1, -0.05) is 250 Å². The summed E-state index contributed by atoms with van der Waals surface area (Å²) in [5, 5.41) is 16.1. The van der Waals surface area contributed by atoms with E-state index < -0.39 is 0 Å². The van der Waals surface area contributed by atoms with E-state index in [-0.39, 0.29) is 0 Å². The predicted octanol–water partition coefficient (Wildman–Crippen LogP) is 19.1.